The summed E-state index contributed by atoms with van der Waals surface area (Å²) in [5.74, 6) is 0.234. The Morgan fingerprint density at radius 3 is 2.50 bits per heavy atom. The monoisotopic (exact) mass is 394 g/mol. The number of nitrogens with one attached hydrogen (secondary N) is 1. The first kappa shape index (κ1) is 21.8. The van der Waals surface area contributed by atoms with Crippen LogP contribution in [-0.2, 0) is 9.53 Å². The summed E-state index contributed by atoms with van der Waals surface area (Å²) in [7, 11) is 1.90. The average Bonchev–Trinajstić information content (AvgIpc) is 2.95. The molecule has 2 rings (SSSR count). The number of carbonyl (C=O) groups is 1. The number of alkyl halides is 1. The molecule has 152 valence electrons. The van der Waals surface area contributed by atoms with Crippen molar-refractivity contribution >= 4 is 17.5 Å². The van der Waals surface area contributed by atoms with E-state index < -0.39 is 42.1 Å². The van der Waals surface area contributed by atoms with Crippen molar-refractivity contribution in [3.05, 3.63) is 0 Å². The lowest BCUT2D eigenvalue weighted by molar-refractivity contribution is -0.286. The van der Waals surface area contributed by atoms with Gasteiger partial charge in [0.25, 0.3) is 0 Å². The van der Waals surface area contributed by atoms with Crippen LogP contribution in [-0.4, -0.2) is 93.0 Å². The highest BCUT2D eigenvalue weighted by atomic mass is 35.5. The summed E-state index contributed by atoms with van der Waals surface area (Å²) in [5.41, 5.74) is 0. The Labute approximate surface area is 159 Å². The molecule has 0 radical (unpaired) electrons. The number of likely N-dealkylation sites (tertiary alicyclic amines) is 1. The summed E-state index contributed by atoms with van der Waals surface area (Å²) in [5, 5.41) is 41.6. The molecule has 1 amide bonds. The van der Waals surface area contributed by atoms with Gasteiger partial charge in [-0.15, -0.1) is 11.6 Å². The van der Waals surface area contributed by atoms with Crippen molar-refractivity contribution in [2.45, 2.75) is 81.3 Å². The van der Waals surface area contributed by atoms with Gasteiger partial charge in [-0.3, -0.25) is 9.69 Å². The van der Waals surface area contributed by atoms with Crippen molar-refractivity contribution < 1.29 is 30.0 Å². The van der Waals surface area contributed by atoms with Crippen LogP contribution in [0.2, 0.25) is 0 Å². The van der Waals surface area contributed by atoms with E-state index in [1.807, 2.05) is 11.9 Å². The lowest BCUT2D eigenvalue weighted by atomic mass is 9.92. The van der Waals surface area contributed by atoms with Gasteiger partial charge in [0.05, 0.1) is 17.5 Å². The predicted octanol–water partition coefficient (Wildman–Crippen LogP) is -0.981. The summed E-state index contributed by atoms with van der Waals surface area (Å²) in [6.45, 7) is 4.59. The number of hydrogen-bond acceptors (Lipinski definition) is 7. The van der Waals surface area contributed by atoms with E-state index in [0.717, 1.165) is 25.8 Å². The van der Waals surface area contributed by atoms with Crippen LogP contribution in [0.25, 0.3) is 0 Å². The van der Waals surface area contributed by atoms with E-state index in [0.29, 0.717) is 5.92 Å². The molecule has 0 aromatic heterocycles. The molecule has 0 bridgehead atoms. The van der Waals surface area contributed by atoms with Crippen LogP contribution in [0, 0.1) is 5.92 Å². The van der Waals surface area contributed by atoms with Gasteiger partial charge in [-0.25, -0.2) is 0 Å². The molecule has 0 aliphatic carbocycles. The molecule has 0 saturated carbocycles. The molecular formula is C17H31ClN2O6. The Morgan fingerprint density at radius 1 is 1.27 bits per heavy atom. The molecule has 2 aliphatic rings. The van der Waals surface area contributed by atoms with Crippen molar-refractivity contribution in [2.24, 2.45) is 5.92 Å². The molecule has 26 heavy (non-hydrogen) atoms. The number of amides is 1. The first-order valence-electron chi connectivity index (χ1n) is 9.19. The molecule has 2 saturated heterocycles. The predicted molar refractivity (Wildman–Crippen MR) is 95.6 cm³/mol. The number of aliphatic hydroxyl groups is 4. The van der Waals surface area contributed by atoms with E-state index >= 15 is 0 Å². The lowest BCUT2D eigenvalue weighted by Gasteiger charge is -2.42. The van der Waals surface area contributed by atoms with Gasteiger partial charge in [0.2, 0.25) is 5.91 Å². The van der Waals surface area contributed by atoms with Gasteiger partial charge in [0.1, 0.15) is 24.4 Å². The molecule has 5 N–H and O–H groups in total. The Kier molecular flexibility index (Phi) is 7.67. The van der Waals surface area contributed by atoms with E-state index in [4.69, 9.17) is 16.3 Å². The molecule has 1 unspecified atom stereocenters. The highest BCUT2D eigenvalue weighted by molar-refractivity contribution is 6.21. The number of hydrogen-bond donors (Lipinski definition) is 5. The Balaban J connectivity index is 2.07. The van der Waals surface area contributed by atoms with Crippen molar-refractivity contribution in [1.29, 1.82) is 0 Å². The first-order valence-corrected chi connectivity index (χ1v) is 9.63. The van der Waals surface area contributed by atoms with Crippen LogP contribution in [0.3, 0.4) is 0 Å². The zero-order chi connectivity index (χ0) is 19.6. The maximum Gasteiger partial charge on any atom is 0.237 e. The smallest absolute Gasteiger partial charge is 0.237 e. The topological polar surface area (TPSA) is 122 Å². The minimum atomic E-state index is -1.67. The van der Waals surface area contributed by atoms with Gasteiger partial charge >= 0.3 is 0 Å². The van der Waals surface area contributed by atoms with Gasteiger partial charge in [-0.05, 0) is 32.7 Å². The summed E-state index contributed by atoms with van der Waals surface area (Å²) < 4.78 is 5.24. The normalized spacial score (nSPS) is 41.0. The quantitative estimate of drug-likeness (QED) is 0.367. The number of aliphatic hydroxyl groups excluding tert-OH is 4. The first-order chi connectivity index (χ1) is 12.2. The fourth-order valence-corrected chi connectivity index (χ4v) is 4.14. The largest absolute Gasteiger partial charge is 0.388 e. The van der Waals surface area contributed by atoms with Crippen molar-refractivity contribution in [1.82, 2.24) is 10.2 Å². The maximum absolute atomic E-state index is 12.8. The van der Waals surface area contributed by atoms with E-state index in [1.54, 1.807) is 6.92 Å². The van der Waals surface area contributed by atoms with Crippen LogP contribution < -0.4 is 5.32 Å². The molecular weight excluding hydrogens is 364 g/mol. The third-order valence-electron chi connectivity index (χ3n) is 5.42. The number of carbonyl (C=O) groups excluding carboxylic acids is 1. The van der Waals surface area contributed by atoms with E-state index in [1.165, 1.54) is 0 Å². The van der Waals surface area contributed by atoms with E-state index in [2.05, 4.69) is 12.2 Å². The van der Waals surface area contributed by atoms with Crippen LogP contribution in [0.1, 0.15) is 33.1 Å². The molecule has 0 aromatic carbocycles. The summed E-state index contributed by atoms with van der Waals surface area (Å²) in [6, 6.07) is -1.14. The van der Waals surface area contributed by atoms with Crippen LogP contribution in [0.15, 0.2) is 0 Å². The SMILES string of the molecule is CCC[C@@H]1C[C@@H](C(=O)N[C@@H](C2O[C@H](O)[C@H](O)[C@@H](O)[C@H]2O)[C@H](C)Cl)N(C)C1. The van der Waals surface area contributed by atoms with Gasteiger partial charge in [-0.2, -0.15) is 0 Å². The van der Waals surface area contributed by atoms with Crippen LogP contribution >= 0.6 is 11.6 Å². The molecule has 9 atom stereocenters. The Morgan fingerprint density at radius 2 is 1.92 bits per heavy atom. The fourth-order valence-electron chi connectivity index (χ4n) is 3.93. The second-order valence-corrected chi connectivity index (χ2v) is 8.21. The highest BCUT2D eigenvalue weighted by Crippen LogP contribution is 2.28. The minimum absolute atomic E-state index is 0.227. The molecule has 2 fully saturated rings. The fraction of sp³-hybridized carbons (Fsp3) is 0.941. The number of halogens is 1. The van der Waals surface area contributed by atoms with Crippen LogP contribution in [0.4, 0.5) is 0 Å². The zero-order valence-corrected chi connectivity index (χ0v) is 16.2. The summed E-state index contributed by atoms with van der Waals surface area (Å²) >= 11 is 6.19. The van der Waals surface area contributed by atoms with Gasteiger partial charge in [0, 0.05) is 6.54 Å². The standard InChI is InChI=1S/C17H31ClN2O6/c1-4-5-9-6-10(20(3)7-9)16(24)19-11(8(2)18)15-13(22)12(21)14(23)17(25)26-15/h8-15,17,21-23,25H,4-7H2,1-3H3,(H,19,24)/t8-,9+,10-,11+,12-,13+,14+,15?,17-/m0/s1. The molecule has 9 heteroatoms. The van der Waals surface area contributed by atoms with Gasteiger partial charge < -0.3 is 30.5 Å². The second-order valence-electron chi connectivity index (χ2n) is 7.52. The highest BCUT2D eigenvalue weighted by Gasteiger charge is 2.48. The molecule has 0 aromatic rings. The minimum Gasteiger partial charge on any atom is -0.388 e. The van der Waals surface area contributed by atoms with E-state index in [9.17, 15) is 25.2 Å². The van der Waals surface area contributed by atoms with Crippen LogP contribution in [0.5, 0.6) is 0 Å². The maximum atomic E-state index is 12.8. The zero-order valence-electron chi connectivity index (χ0n) is 15.5. The van der Waals surface area contributed by atoms with Crippen molar-refractivity contribution in [3.63, 3.8) is 0 Å². The lowest BCUT2D eigenvalue weighted by Crippen LogP contribution is -2.65. The summed E-state index contributed by atoms with van der Waals surface area (Å²) in [4.78, 5) is 14.8. The summed E-state index contributed by atoms with van der Waals surface area (Å²) in [6.07, 6.45) is -4.65. The molecule has 2 heterocycles. The second kappa shape index (κ2) is 9.14. The third-order valence-corrected chi connectivity index (χ3v) is 5.69. The van der Waals surface area contributed by atoms with Gasteiger partial charge in [-0.1, -0.05) is 13.3 Å². The number of nitrogens with zero attached hydrogens (tertiary/aromatic N) is 1. The third kappa shape index (κ3) is 4.67. The van der Waals surface area contributed by atoms with Crippen molar-refractivity contribution in [2.75, 3.05) is 13.6 Å². The number of ether oxygens (including phenoxy) is 1. The Hall–Kier alpha value is -0.480. The number of rotatable bonds is 6. The molecule has 0 spiro atoms. The van der Waals surface area contributed by atoms with Gasteiger partial charge in [0.15, 0.2) is 6.29 Å². The average molecular weight is 395 g/mol. The molecule has 8 nitrogen and oxygen atoms in total. The van der Waals surface area contributed by atoms with Crippen molar-refractivity contribution in [3.8, 4) is 0 Å². The Bertz CT molecular complexity index is 482. The van der Waals surface area contributed by atoms with E-state index in [-0.39, 0.29) is 11.9 Å². The molecule has 2 aliphatic heterocycles. The number of likely N-dealkylation sites (N-methyl/N-ethyl adjacent to an activating group) is 1.